The predicted octanol–water partition coefficient (Wildman–Crippen LogP) is 3.46. The lowest BCUT2D eigenvalue weighted by Gasteiger charge is -2.03. The standard InChI is InChI=1S/C13H14Cl2N2O2S/c1-9(16-11-3-4-11)17-20(18,19)7-6-10-2-5-12(14)13(15)8-10/h2,5-8,11H,3-4H2,1H3,(H,16,17). The number of sulfonamides is 1. The fourth-order valence-electron chi connectivity index (χ4n) is 1.53. The van der Waals surface area contributed by atoms with Gasteiger partial charge in [-0.3, -0.25) is 9.71 Å². The van der Waals surface area contributed by atoms with Gasteiger partial charge in [0.1, 0.15) is 5.84 Å². The smallest absolute Gasteiger partial charge is 0.255 e. The molecule has 7 heteroatoms. The van der Waals surface area contributed by atoms with Gasteiger partial charge in [0.15, 0.2) is 0 Å². The number of hydrogen-bond acceptors (Lipinski definition) is 3. The van der Waals surface area contributed by atoms with Crippen molar-refractivity contribution in [3.63, 3.8) is 0 Å². The summed E-state index contributed by atoms with van der Waals surface area (Å²) in [5.41, 5.74) is 0.654. The van der Waals surface area contributed by atoms with E-state index in [1.165, 1.54) is 6.08 Å². The van der Waals surface area contributed by atoms with Gasteiger partial charge in [-0.1, -0.05) is 29.3 Å². The molecule has 0 saturated heterocycles. The first-order valence-electron chi connectivity index (χ1n) is 6.06. The topological polar surface area (TPSA) is 58.5 Å². The molecule has 1 aromatic carbocycles. The molecule has 1 N–H and O–H groups in total. The number of nitrogens with one attached hydrogen (secondary N) is 1. The maximum Gasteiger partial charge on any atom is 0.255 e. The van der Waals surface area contributed by atoms with E-state index in [9.17, 15) is 8.42 Å². The Bertz CT molecular complexity index is 665. The summed E-state index contributed by atoms with van der Waals surface area (Å²) in [6.45, 7) is 1.64. The molecule has 0 radical (unpaired) electrons. The summed E-state index contributed by atoms with van der Waals surface area (Å²) in [5.74, 6) is 0.409. The van der Waals surface area contributed by atoms with Crippen LogP contribution in [0.3, 0.4) is 0 Å². The number of halogens is 2. The Morgan fingerprint density at radius 3 is 2.65 bits per heavy atom. The molecule has 1 saturated carbocycles. The van der Waals surface area contributed by atoms with Crippen LogP contribution in [0.4, 0.5) is 0 Å². The average Bonchev–Trinajstić information content (AvgIpc) is 3.14. The zero-order chi connectivity index (χ0) is 14.8. The Morgan fingerprint density at radius 1 is 1.35 bits per heavy atom. The quantitative estimate of drug-likeness (QED) is 0.678. The van der Waals surface area contributed by atoms with Crippen molar-refractivity contribution in [1.29, 1.82) is 0 Å². The van der Waals surface area contributed by atoms with Crippen LogP contribution in [0.15, 0.2) is 28.6 Å². The third-order valence-corrected chi connectivity index (χ3v) is 4.41. The highest BCUT2D eigenvalue weighted by atomic mass is 35.5. The van der Waals surface area contributed by atoms with Crippen LogP contribution in [-0.4, -0.2) is 20.3 Å². The molecule has 0 atom stereocenters. The van der Waals surface area contributed by atoms with E-state index in [2.05, 4.69) is 9.71 Å². The first-order valence-corrected chi connectivity index (χ1v) is 8.36. The molecular formula is C13H14Cl2N2O2S. The summed E-state index contributed by atoms with van der Waals surface area (Å²) in [5, 5.41) is 1.89. The highest BCUT2D eigenvalue weighted by Gasteiger charge is 2.20. The van der Waals surface area contributed by atoms with Gasteiger partial charge in [0.25, 0.3) is 10.0 Å². The maximum absolute atomic E-state index is 11.8. The minimum absolute atomic E-state index is 0.275. The van der Waals surface area contributed by atoms with Crippen molar-refractivity contribution >= 4 is 45.1 Å². The van der Waals surface area contributed by atoms with Crippen molar-refractivity contribution in [2.75, 3.05) is 0 Å². The predicted molar refractivity (Wildman–Crippen MR) is 83.7 cm³/mol. The molecule has 4 nitrogen and oxygen atoms in total. The van der Waals surface area contributed by atoms with Crippen LogP contribution in [0.2, 0.25) is 10.0 Å². The number of rotatable bonds is 4. The van der Waals surface area contributed by atoms with Gasteiger partial charge in [-0.25, -0.2) is 8.42 Å². The second kappa shape index (κ2) is 6.16. The lowest BCUT2D eigenvalue weighted by molar-refractivity contribution is 0.601. The third kappa shape index (κ3) is 4.81. The molecule has 0 aliphatic heterocycles. The molecule has 108 valence electrons. The van der Waals surface area contributed by atoms with Gasteiger partial charge in [-0.2, -0.15) is 0 Å². The normalized spacial score (nSPS) is 16.6. The van der Waals surface area contributed by atoms with Gasteiger partial charge in [-0.15, -0.1) is 0 Å². The largest absolute Gasteiger partial charge is 0.269 e. The van der Waals surface area contributed by atoms with E-state index < -0.39 is 10.0 Å². The molecule has 0 bridgehead atoms. The van der Waals surface area contributed by atoms with Crippen LogP contribution in [0, 0.1) is 0 Å². The molecule has 0 heterocycles. The highest BCUT2D eigenvalue weighted by molar-refractivity contribution is 7.93. The SMILES string of the molecule is CC(=NC1CC1)NS(=O)(=O)C=Cc1ccc(Cl)c(Cl)c1. The second-order valence-corrected chi connectivity index (χ2v) is 6.95. The maximum atomic E-state index is 11.8. The molecule has 0 unspecified atom stereocenters. The van der Waals surface area contributed by atoms with E-state index in [0.717, 1.165) is 18.2 Å². The first-order chi connectivity index (χ1) is 9.35. The van der Waals surface area contributed by atoms with Crippen LogP contribution in [0.1, 0.15) is 25.3 Å². The number of benzene rings is 1. The Kier molecular flexibility index (Phi) is 4.73. The van der Waals surface area contributed by atoms with Crippen LogP contribution in [0.25, 0.3) is 6.08 Å². The lowest BCUT2D eigenvalue weighted by atomic mass is 10.2. The van der Waals surface area contributed by atoms with Crippen LogP contribution < -0.4 is 4.72 Å². The average molecular weight is 333 g/mol. The summed E-state index contributed by atoms with van der Waals surface area (Å²) < 4.78 is 26.1. The Labute approximate surface area is 128 Å². The molecular weight excluding hydrogens is 319 g/mol. The van der Waals surface area contributed by atoms with Crippen molar-refractivity contribution in [3.05, 3.63) is 39.2 Å². The molecule has 1 aliphatic carbocycles. The third-order valence-electron chi connectivity index (χ3n) is 2.60. The summed E-state index contributed by atoms with van der Waals surface area (Å²) in [6.07, 6.45) is 3.51. The monoisotopic (exact) mass is 332 g/mol. The van der Waals surface area contributed by atoms with E-state index in [0.29, 0.717) is 21.4 Å². The minimum Gasteiger partial charge on any atom is -0.269 e. The molecule has 0 amide bonds. The van der Waals surface area contributed by atoms with Gasteiger partial charge in [0.05, 0.1) is 21.5 Å². The van der Waals surface area contributed by atoms with E-state index in [4.69, 9.17) is 23.2 Å². The van der Waals surface area contributed by atoms with E-state index >= 15 is 0 Å². The van der Waals surface area contributed by atoms with Gasteiger partial charge < -0.3 is 0 Å². The summed E-state index contributed by atoms with van der Waals surface area (Å²) in [4.78, 5) is 4.21. The summed E-state index contributed by atoms with van der Waals surface area (Å²) in [7, 11) is -3.56. The van der Waals surface area contributed by atoms with Gasteiger partial charge in [0.2, 0.25) is 0 Å². The number of hydrogen-bond donors (Lipinski definition) is 1. The van der Waals surface area contributed by atoms with E-state index in [-0.39, 0.29) is 6.04 Å². The van der Waals surface area contributed by atoms with Crippen molar-refractivity contribution < 1.29 is 8.42 Å². The van der Waals surface area contributed by atoms with Crippen LogP contribution >= 0.6 is 23.2 Å². The minimum atomic E-state index is -3.56. The fraction of sp³-hybridized carbons (Fsp3) is 0.308. The van der Waals surface area contributed by atoms with E-state index in [1.807, 2.05) is 0 Å². The van der Waals surface area contributed by atoms with Crippen molar-refractivity contribution in [2.24, 2.45) is 4.99 Å². The number of aliphatic imine (C=N–C) groups is 1. The van der Waals surface area contributed by atoms with Crippen molar-refractivity contribution in [1.82, 2.24) is 4.72 Å². The van der Waals surface area contributed by atoms with Crippen LogP contribution in [-0.2, 0) is 10.0 Å². The molecule has 20 heavy (non-hydrogen) atoms. The zero-order valence-electron chi connectivity index (χ0n) is 10.8. The number of amidine groups is 1. The van der Waals surface area contributed by atoms with Gasteiger partial charge >= 0.3 is 0 Å². The van der Waals surface area contributed by atoms with Gasteiger partial charge in [-0.05, 0) is 43.5 Å². The fourth-order valence-corrected chi connectivity index (χ4v) is 2.70. The Morgan fingerprint density at radius 2 is 2.05 bits per heavy atom. The van der Waals surface area contributed by atoms with Crippen LogP contribution in [0.5, 0.6) is 0 Å². The van der Waals surface area contributed by atoms with E-state index in [1.54, 1.807) is 25.1 Å². The highest BCUT2D eigenvalue weighted by Crippen LogP contribution is 2.24. The molecule has 0 aromatic heterocycles. The van der Waals surface area contributed by atoms with Crippen molar-refractivity contribution in [3.8, 4) is 0 Å². The molecule has 1 aromatic rings. The first kappa shape index (κ1) is 15.4. The van der Waals surface area contributed by atoms with Crippen molar-refractivity contribution in [2.45, 2.75) is 25.8 Å². The zero-order valence-corrected chi connectivity index (χ0v) is 13.1. The van der Waals surface area contributed by atoms with Gasteiger partial charge in [0, 0.05) is 0 Å². The summed E-state index contributed by atoms with van der Waals surface area (Å²) in [6, 6.07) is 5.17. The Balaban J connectivity index is 2.06. The second-order valence-electron chi connectivity index (χ2n) is 4.57. The molecule has 1 fully saturated rings. The Hall–Kier alpha value is -1.04. The lowest BCUT2D eigenvalue weighted by Crippen LogP contribution is -2.26. The molecule has 0 spiro atoms. The molecule has 1 aliphatic rings. The molecule has 2 rings (SSSR count). The summed E-state index contributed by atoms with van der Waals surface area (Å²) >= 11 is 11.7. The number of nitrogens with zero attached hydrogens (tertiary/aromatic N) is 1.